The molecule has 1 aliphatic heterocycles. The van der Waals surface area contributed by atoms with Crippen molar-refractivity contribution < 1.29 is 9.59 Å². The molecular weight excluding hydrogens is 288 g/mol. The Morgan fingerprint density at radius 2 is 2.10 bits per heavy atom. The minimum atomic E-state index is -0.734. The molecule has 0 saturated heterocycles. The number of carbonyl (C=O) groups excluding carboxylic acids is 2. The number of benzene rings is 1. The van der Waals surface area contributed by atoms with Gasteiger partial charge < -0.3 is 10.2 Å². The van der Waals surface area contributed by atoms with Crippen molar-refractivity contribution >= 4 is 28.9 Å². The van der Waals surface area contributed by atoms with E-state index in [9.17, 15) is 9.59 Å². The lowest BCUT2D eigenvalue weighted by atomic mass is 9.94. The fraction of sp³-hybridized carbons (Fsp3) is 0.375. The topological polar surface area (TPSA) is 49.4 Å². The fourth-order valence-electron chi connectivity index (χ4n) is 2.48. The lowest BCUT2D eigenvalue weighted by Gasteiger charge is -2.21. The van der Waals surface area contributed by atoms with Gasteiger partial charge in [-0.3, -0.25) is 9.59 Å². The molecule has 1 aromatic rings. The molecule has 4 nitrogen and oxygen atoms in total. The van der Waals surface area contributed by atoms with Gasteiger partial charge in [0.1, 0.15) is 4.87 Å². The van der Waals surface area contributed by atoms with Crippen molar-refractivity contribution in [3.8, 4) is 0 Å². The molecular formula is C16H17ClN2O2. The van der Waals surface area contributed by atoms with E-state index in [-0.39, 0.29) is 11.6 Å². The van der Waals surface area contributed by atoms with Gasteiger partial charge in [0.2, 0.25) is 0 Å². The zero-order chi connectivity index (χ0) is 15.2. The molecule has 0 bridgehead atoms. The highest BCUT2D eigenvalue weighted by Gasteiger charge is 2.48. The van der Waals surface area contributed by atoms with E-state index in [4.69, 9.17) is 11.6 Å². The van der Waals surface area contributed by atoms with Crippen LogP contribution < -0.4 is 5.32 Å². The Morgan fingerprint density at radius 3 is 2.71 bits per heavy atom. The van der Waals surface area contributed by atoms with Gasteiger partial charge in [0.25, 0.3) is 0 Å². The summed E-state index contributed by atoms with van der Waals surface area (Å²) in [4.78, 5) is 25.9. The lowest BCUT2D eigenvalue weighted by Crippen LogP contribution is -2.24. The van der Waals surface area contributed by atoms with Gasteiger partial charge in [0.15, 0.2) is 11.6 Å². The summed E-state index contributed by atoms with van der Waals surface area (Å²) in [6.07, 6.45) is 3.22. The monoisotopic (exact) mass is 304 g/mol. The van der Waals surface area contributed by atoms with E-state index in [1.54, 1.807) is 24.4 Å². The number of nitrogens with one attached hydrogen (secondary N) is 1. The molecule has 110 valence electrons. The molecule has 1 aromatic carbocycles. The normalized spacial score (nSPS) is 20.7. The first-order valence-corrected chi connectivity index (χ1v) is 7.32. The van der Waals surface area contributed by atoms with Crippen LogP contribution in [0.25, 0.3) is 0 Å². The molecule has 1 heterocycles. The Labute approximate surface area is 128 Å². The van der Waals surface area contributed by atoms with Gasteiger partial charge in [-0.1, -0.05) is 0 Å². The molecule has 5 heteroatoms. The number of Topliss-reactive ketones (excluding diaryl/α,β-unsaturated/α-hetero) is 2. The van der Waals surface area contributed by atoms with Gasteiger partial charge >= 0.3 is 0 Å². The SMILES string of the molecule is CN(C)C=C1CNc2ccc(C(=O)C3(Cl)CC3)cc2C1=O. The molecule has 0 atom stereocenters. The van der Waals surface area contributed by atoms with Crippen molar-refractivity contribution in [2.75, 3.05) is 26.0 Å². The zero-order valence-corrected chi connectivity index (χ0v) is 12.8. The van der Waals surface area contributed by atoms with E-state index in [2.05, 4.69) is 5.32 Å². The van der Waals surface area contributed by atoms with Gasteiger partial charge in [-0.25, -0.2) is 0 Å². The number of fused-ring (bicyclic) bond motifs is 1. The minimum absolute atomic E-state index is 0.0356. The highest BCUT2D eigenvalue weighted by Crippen LogP contribution is 2.45. The predicted molar refractivity (Wildman–Crippen MR) is 83.2 cm³/mol. The molecule has 0 spiro atoms. The van der Waals surface area contributed by atoms with E-state index in [1.165, 1.54) is 0 Å². The number of anilines is 1. The second-order valence-electron chi connectivity index (χ2n) is 5.86. The van der Waals surface area contributed by atoms with Crippen LogP contribution in [0.1, 0.15) is 33.6 Å². The van der Waals surface area contributed by atoms with Gasteiger partial charge in [0.05, 0.1) is 0 Å². The number of hydrogen-bond donors (Lipinski definition) is 1. The number of ketones is 2. The van der Waals surface area contributed by atoms with Crippen LogP contribution in [0.4, 0.5) is 5.69 Å². The molecule has 0 aromatic heterocycles. The van der Waals surface area contributed by atoms with Crippen LogP contribution in [-0.4, -0.2) is 42.0 Å². The number of nitrogens with zero attached hydrogens (tertiary/aromatic N) is 1. The lowest BCUT2D eigenvalue weighted by molar-refractivity contribution is 0.0978. The van der Waals surface area contributed by atoms with Crippen LogP contribution >= 0.6 is 11.6 Å². The van der Waals surface area contributed by atoms with Crippen LogP contribution in [0.5, 0.6) is 0 Å². The summed E-state index contributed by atoms with van der Waals surface area (Å²) in [7, 11) is 3.75. The van der Waals surface area contributed by atoms with Gasteiger partial charge in [0, 0.05) is 49.2 Å². The van der Waals surface area contributed by atoms with Crippen molar-refractivity contribution in [1.82, 2.24) is 4.90 Å². The Bertz CT molecular complexity index is 660. The number of hydrogen-bond acceptors (Lipinski definition) is 4. The Balaban J connectivity index is 1.96. The van der Waals surface area contributed by atoms with Crippen LogP contribution in [0.3, 0.4) is 0 Å². The van der Waals surface area contributed by atoms with Crippen molar-refractivity contribution in [2.24, 2.45) is 0 Å². The van der Waals surface area contributed by atoms with Crippen molar-refractivity contribution in [3.05, 3.63) is 41.1 Å². The van der Waals surface area contributed by atoms with Gasteiger partial charge in [-0.2, -0.15) is 0 Å². The Hall–Kier alpha value is -1.81. The minimum Gasteiger partial charge on any atom is -0.383 e. The first-order valence-electron chi connectivity index (χ1n) is 6.94. The van der Waals surface area contributed by atoms with Gasteiger partial charge in [-0.15, -0.1) is 11.6 Å². The number of carbonyl (C=O) groups is 2. The molecule has 21 heavy (non-hydrogen) atoms. The van der Waals surface area contributed by atoms with Crippen LogP contribution in [0, 0.1) is 0 Å². The summed E-state index contributed by atoms with van der Waals surface area (Å²) in [6.45, 7) is 0.497. The number of halogens is 1. The summed E-state index contributed by atoms with van der Waals surface area (Å²) in [5.74, 6) is -0.116. The average Bonchev–Trinajstić information content (AvgIpc) is 3.20. The fourth-order valence-corrected chi connectivity index (χ4v) is 2.69. The second kappa shape index (κ2) is 4.88. The molecule has 2 aliphatic rings. The average molecular weight is 305 g/mol. The van der Waals surface area contributed by atoms with E-state index >= 15 is 0 Å². The van der Waals surface area contributed by atoms with Crippen LogP contribution in [0.15, 0.2) is 30.0 Å². The zero-order valence-electron chi connectivity index (χ0n) is 12.1. The van der Waals surface area contributed by atoms with E-state index in [0.29, 0.717) is 36.1 Å². The number of alkyl halides is 1. The molecule has 1 aliphatic carbocycles. The van der Waals surface area contributed by atoms with E-state index < -0.39 is 4.87 Å². The maximum absolute atomic E-state index is 12.5. The molecule has 0 radical (unpaired) electrons. The second-order valence-corrected chi connectivity index (χ2v) is 6.58. The van der Waals surface area contributed by atoms with E-state index in [0.717, 1.165) is 5.69 Å². The third-order valence-electron chi connectivity index (χ3n) is 3.80. The summed E-state index contributed by atoms with van der Waals surface area (Å²) in [5, 5.41) is 3.21. The molecule has 1 N–H and O–H groups in total. The molecule has 0 amide bonds. The maximum atomic E-state index is 12.5. The maximum Gasteiger partial charge on any atom is 0.194 e. The molecule has 3 rings (SSSR count). The summed E-state index contributed by atoms with van der Waals surface area (Å²) < 4.78 is 0. The van der Waals surface area contributed by atoms with Crippen molar-refractivity contribution in [3.63, 3.8) is 0 Å². The highest BCUT2D eigenvalue weighted by molar-refractivity contribution is 6.40. The van der Waals surface area contributed by atoms with Gasteiger partial charge in [-0.05, 0) is 31.0 Å². The van der Waals surface area contributed by atoms with E-state index in [1.807, 2.05) is 19.0 Å². The standard InChI is InChI=1S/C16H17ClN2O2/c1-19(2)9-11-8-18-13-4-3-10(7-12(13)14(11)20)15(21)16(17)5-6-16/h3-4,7,9,18H,5-6,8H2,1-2H3. The molecule has 1 saturated carbocycles. The largest absolute Gasteiger partial charge is 0.383 e. The third kappa shape index (κ3) is 2.56. The Morgan fingerprint density at radius 1 is 1.38 bits per heavy atom. The first kappa shape index (κ1) is 14.1. The van der Waals surface area contributed by atoms with Crippen LogP contribution in [0.2, 0.25) is 0 Å². The smallest absolute Gasteiger partial charge is 0.194 e. The summed E-state index contributed by atoms with van der Waals surface area (Å²) >= 11 is 6.18. The van der Waals surface area contributed by atoms with Crippen molar-refractivity contribution in [2.45, 2.75) is 17.7 Å². The van der Waals surface area contributed by atoms with Crippen LogP contribution in [-0.2, 0) is 0 Å². The quantitative estimate of drug-likeness (QED) is 0.530. The first-order chi connectivity index (χ1) is 9.90. The van der Waals surface area contributed by atoms with Crippen molar-refractivity contribution in [1.29, 1.82) is 0 Å². The predicted octanol–water partition coefficient (Wildman–Crippen LogP) is 2.69. The number of rotatable bonds is 3. The summed E-state index contributed by atoms with van der Waals surface area (Å²) in [5.41, 5.74) is 2.51. The Kier molecular flexibility index (Phi) is 3.29. The summed E-state index contributed by atoms with van der Waals surface area (Å²) in [6, 6.07) is 5.19. The third-order valence-corrected chi connectivity index (χ3v) is 4.35. The molecule has 0 unspecified atom stereocenters. The highest BCUT2D eigenvalue weighted by atomic mass is 35.5. The molecule has 1 fully saturated rings.